The van der Waals surface area contributed by atoms with Crippen LogP contribution in [-0.2, 0) is 9.53 Å². The molecule has 1 amide bonds. The van der Waals surface area contributed by atoms with Crippen LogP contribution in [-0.4, -0.2) is 49.2 Å². The van der Waals surface area contributed by atoms with E-state index in [1.165, 1.54) is 0 Å². The molecule has 6 heteroatoms. The fourth-order valence-electron chi connectivity index (χ4n) is 1.79. The summed E-state index contributed by atoms with van der Waals surface area (Å²) >= 11 is 0. The van der Waals surface area contributed by atoms with Crippen LogP contribution < -0.4 is 5.32 Å². The topological polar surface area (TPSA) is 41.6 Å². The number of alkyl halides is 2. The van der Waals surface area contributed by atoms with Crippen LogP contribution in [0.1, 0.15) is 20.3 Å². The Bertz CT molecular complexity index is 239. The van der Waals surface area contributed by atoms with Crippen LogP contribution in [0, 0.1) is 0 Å². The van der Waals surface area contributed by atoms with E-state index in [9.17, 15) is 13.6 Å². The Balaban J connectivity index is 2.31. The van der Waals surface area contributed by atoms with Gasteiger partial charge in [-0.2, -0.15) is 0 Å². The van der Waals surface area contributed by atoms with Gasteiger partial charge in [0.15, 0.2) is 0 Å². The van der Waals surface area contributed by atoms with Gasteiger partial charge in [0.2, 0.25) is 5.91 Å². The highest BCUT2D eigenvalue weighted by Gasteiger charge is 2.34. The van der Waals surface area contributed by atoms with Gasteiger partial charge in [-0.05, 0) is 13.3 Å². The maximum Gasteiger partial charge on any atom is 0.261 e. The van der Waals surface area contributed by atoms with Crippen molar-refractivity contribution in [2.75, 3.05) is 19.8 Å². The number of nitrogens with zero attached hydrogens (tertiary/aromatic N) is 1. The molecule has 0 spiro atoms. The highest BCUT2D eigenvalue weighted by atomic mass is 19.3. The Morgan fingerprint density at radius 2 is 2.25 bits per heavy atom. The molecule has 0 aromatic rings. The van der Waals surface area contributed by atoms with Crippen molar-refractivity contribution < 1.29 is 18.3 Å². The first-order chi connectivity index (χ1) is 7.56. The minimum absolute atomic E-state index is 0.00218. The molecule has 0 aromatic carbocycles. The molecule has 1 heterocycles. The third-order valence-electron chi connectivity index (χ3n) is 2.58. The Kier molecular flexibility index (Phi) is 5.08. The van der Waals surface area contributed by atoms with Crippen molar-refractivity contribution in [3.05, 3.63) is 0 Å². The normalized spacial score (nSPS) is 25.8. The average molecular weight is 236 g/mol. The lowest BCUT2D eigenvalue weighted by atomic mass is 10.3. The van der Waals surface area contributed by atoms with Gasteiger partial charge in [-0.1, -0.05) is 6.92 Å². The molecule has 0 bridgehead atoms. The molecule has 2 unspecified atom stereocenters. The molecule has 16 heavy (non-hydrogen) atoms. The average Bonchev–Trinajstić information content (AvgIpc) is 2.50. The number of halogens is 2. The first-order valence-electron chi connectivity index (χ1n) is 5.48. The highest BCUT2D eigenvalue weighted by molar-refractivity contribution is 5.83. The zero-order valence-electron chi connectivity index (χ0n) is 9.58. The van der Waals surface area contributed by atoms with E-state index >= 15 is 0 Å². The lowest BCUT2D eigenvalue weighted by molar-refractivity contribution is -0.130. The van der Waals surface area contributed by atoms with Crippen molar-refractivity contribution in [1.82, 2.24) is 10.2 Å². The lowest BCUT2D eigenvalue weighted by Crippen LogP contribution is -2.39. The van der Waals surface area contributed by atoms with Gasteiger partial charge in [-0.15, -0.1) is 0 Å². The molecule has 1 saturated heterocycles. The van der Waals surface area contributed by atoms with E-state index in [-0.39, 0.29) is 24.7 Å². The van der Waals surface area contributed by atoms with E-state index < -0.39 is 13.0 Å². The van der Waals surface area contributed by atoms with Gasteiger partial charge in [0, 0.05) is 6.54 Å². The zero-order valence-corrected chi connectivity index (χ0v) is 9.58. The van der Waals surface area contributed by atoms with Gasteiger partial charge in [0.1, 0.15) is 6.61 Å². The highest BCUT2D eigenvalue weighted by Crippen LogP contribution is 2.12. The number of carbonyl (C=O) groups is 1. The van der Waals surface area contributed by atoms with Crippen LogP contribution in [0.3, 0.4) is 0 Å². The van der Waals surface area contributed by atoms with Gasteiger partial charge in [-0.25, -0.2) is 8.78 Å². The second-order valence-corrected chi connectivity index (χ2v) is 3.81. The summed E-state index contributed by atoms with van der Waals surface area (Å²) in [4.78, 5) is 13.3. The molecule has 2 atom stereocenters. The van der Waals surface area contributed by atoms with Gasteiger partial charge >= 0.3 is 0 Å². The van der Waals surface area contributed by atoms with E-state index in [1.54, 1.807) is 11.8 Å². The third kappa shape index (κ3) is 3.38. The fraction of sp³-hybridized carbons (Fsp3) is 0.900. The first kappa shape index (κ1) is 13.3. The van der Waals surface area contributed by atoms with Crippen LogP contribution in [0.15, 0.2) is 0 Å². The molecule has 1 aliphatic rings. The predicted molar refractivity (Wildman–Crippen MR) is 55.2 cm³/mol. The number of nitrogens with one attached hydrogen (secondary N) is 1. The van der Waals surface area contributed by atoms with Gasteiger partial charge < -0.3 is 9.64 Å². The summed E-state index contributed by atoms with van der Waals surface area (Å²) in [5.41, 5.74) is 0. The van der Waals surface area contributed by atoms with Crippen molar-refractivity contribution in [2.45, 2.75) is 38.9 Å². The van der Waals surface area contributed by atoms with Crippen molar-refractivity contribution in [3.8, 4) is 0 Å². The molecule has 0 saturated carbocycles. The molecule has 1 rings (SSSR count). The second kappa shape index (κ2) is 6.10. The number of amides is 1. The van der Waals surface area contributed by atoms with Gasteiger partial charge in [0.25, 0.3) is 6.43 Å². The lowest BCUT2D eigenvalue weighted by Gasteiger charge is -2.22. The SMILES string of the molecule is CCC1NC(C)C(=O)N1CCOCC(F)F. The van der Waals surface area contributed by atoms with E-state index in [1.807, 2.05) is 6.92 Å². The van der Waals surface area contributed by atoms with Gasteiger partial charge in [-0.3, -0.25) is 10.1 Å². The van der Waals surface area contributed by atoms with Crippen molar-refractivity contribution in [2.24, 2.45) is 0 Å². The van der Waals surface area contributed by atoms with Crippen LogP contribution in [0.2, 0.25) is 0 Å². The van der Waals surface area contributed by atoms with Gasteiger partial charge in [0.05, 0.1) is 18.8 Å². The molecule has 94 valence electrons. The molecule has 0 aromatic heterocycles. The summed E-state index contributed by atoms with van der Waals surface area (Å²) in [7, 11) is 0. The number of hydrogen-bond acceptors (Lipinski definition) is 3. The number of rotatable bonds is 6. The van der Waals surface area contributed by atoms with Crippen LogP contribution >= 0.6 is 0 Å². The summed E-state index contributed by atoms with van der Waals surface area (Å²) < 4.78 is 28.4. The van der Waals surface area contributed by atoms with Crippen molar-refractivity contribution in [3.63, 3.8) is 0 Å². The van der Waals surface area contributed by atoms with Crippen molar-refractivity contribution in [1.29, 1.82) is 0 Å². The van der Waals surface area contributed by atoms with E-state index in [0.29, 0.717) is 6.54 Å². The molecule has 1 aliphatic heterocycles. The maximum atomic E-state index is 11.8. The Labute approximate surface area is 93.9 Å². The minimum atomic E-state index is -2.45. The summed E-state index contributed by atoms with van der Waals surface area (Å²) in [6.45, 7) is 3.71. The quantitative estimate of drug-likeness (QED) is 0.694. The minimum Gasteiger partial charge on any atom is -0.374 e. The zero-order chi connectivity index (χ0) is 12.1. The van der Waals surface area contributed by atoms with Crippen LogP contribution in [0.25, 0.3) is 0 Å². The summed E-state index contributed by atoms with van der Waals surface area (Å²) in [6, 6.07) is -0.194. The van der Waals surface area contributed by atoms with Crippen LogP contribution in [0.4, 0.5) is 8.78 Å². The maximum absolute atomic E-state index is 11.8. The van der Waals surface area contributed by atoms with E-state index in [2.05, 4.69) is 5.32 Å². The Morgan fingerprint density at radius 1 is 1.56 bits per heavy atom. The van der Waals surface area contributed by atoms with E-state index in [0.717, 1.165) is 6.42 Å². The van der Waals surface area contributed by atoms with Crippen molar-refractivity contribution >= 4 is 5.91 Å². The molecular formula is C10H18F2N2O2. The molecule has 4 nitrogen and oxygen atoms in total. The third-order valence-corrected chi connectivity index (χ3v) is 2.58. The fourth-order valence-corrected chi connectivity index (χ4v) is 1.79. The first-order valence-corrected chi connectivity index (χ1v) is 5.48. The Morgan fingerprint density at radius 3 is 2.81 bits per heavy atom. The largest absolute Gasteiger partial charge is 0.374 e. The Hall–Kier alpha value is -0.750. The molecule has 0 radical (unpaired) electrons. The summed E-state index contributed by atoms with van der Waals surface area (Å²) in [5.74, 6) is 0.00694. The summed E-state index contributed by atoms with van der Waals surface area (Å²) in [5, 5.41) is 3.13. The molecule has 1 N–H and O–H groups in total. The molecule has 1 fully saturated rings. The predicted octanol–water partition coefficient (Wildman–Crippen LogP) is 0.824. The standard InChI is InChI=1S/C10H18F2N2O2/c1-3-9-13-7(2)10(15)14(9)4-5-16-6-8(11)12/h7-9,13H,3-6H2,1-2H3. The molecular weight excluding hydrogens is 218 g/mol. The number of carbonyl (C=O) groups excluding carboxylic acids is 1. The van der Waals surface area contributed by atoms with Crippen LogP contribution in [0.5, 0.6) is 0 Å². The smallest absolute Gasteiger partial charge is 0.261 e. The number of ether oxygens (including phenoxy) is 1. The van der Waals surface area contributed by atoms with E-state index in [4.69, 9.17) is 4.74 Å². The number of hydrogen-bond donors (Lipinski definition) is 1. The second-order valence-electron chi connectivity index (χ2n) is 3.81. The summed E-state index contributed by atoms with van der Waals surface area (Å²) in [6.07, 6.45) is -1.66. The monoisotopic (exact) mass is 236 g/mol. The molecule has 0 aliphatic carbocycles.